The Kier molecular flexibility index (Phi) is 4.38. The maximum atomic E-state index is 10.4. The molecule has 0 bridgehead atoms. The Balaban J connectivity index is 2.20. The molecule has 0 fully saturated rings. The number of hydrogen-bond donors (Lipinski definition) is 2. The van der Waals surface area contributed by atoms with Crippen molar-refractivity contribution < 1.29 is 14.3 Å². The molecule has 1 aromatic carbocycles. The van der Waals surface area contributed by atoms with Gasteiger partial charge in [0.1, 0.15) is 6.07 Å². The van der Waals surface area contributed by atoms with Gasteiger partial charge in [-0.15, -0.1) is 0 Å². The van der Waals surface area contributed by atoms with Crippen molar-refractivity contribution in [2.45, 2.75) is 6.42 Å². The van der Waals surface area contributed by atoms with E-state index in [9.17, 15) is 4.79 Å². The van der Waals surface area contributed by atoms with Crippen LogP contribution in [-0.2, 0) is 4.79 Å². The summed E-state index contributed by atoms with van der Waals surface area (Å²) in [6.07, 6.45) is -0.0703. The molecule has 20 heavy (non-hydrogen) atoms. The molecule has 0 unspecified atom stereocenters. The van der Waals surface area contributed by atoms with Crippen LogP contribution in [0.3, 0.4) is 0 Å². The molecule has 7 heteroatoms. The number of halogens is 1. The minimum absolute atomic E-state index is 0.0703. The first-order valence-corrected chi connectivity index (χ1v) is 6.52. The highest BCUT2D eigenvalue weighted by Crippen LogP contribution is 2.26. The van der Waals surface area contributed by atoms with Crippen molar-refractivity contribution in [3.8, 4) is 17.5 Å². The maximum absolute atomic E-state index is 10.4. The Hall–Kier alpha value is -2.33. The topological polar surface area (TPSA) is 99.2 Å². The fourth-order valence-electron chi connectivity index (χ4n) is 1.51. The number of nitrogens with zero attached hydrogens (tertiary/aromatic N) is 2. The van der Waals surface area contributed by atoms with E-state index in [0.29, 0.717) is 5.89 Å². The second kappa shape index (κ2) is 6.21. The first-order valence-electron chi connectivity index (χ1n) is 5.72. The monoisotopic (exact) mass is 335 g/mol. The molecule has 0 aliphatic heterocycles. The zero-order valence-corrected chi connectivity index (χ0v) is 11.8. The summed E-state index contributed by atoms with van der Waals surface area (Å²) in [4.78, 5) is 14.5. The van der Waals surface area contributed by atoms with Crippen molar-refractivity contribution in [2.24, 2.45) is 0 Å². The van der Waals surface area contributed by atoms with Crippen LogP contribution in [0.1, 0.15) is 12.1 Å². The number of benzene rings is 1. The van der Waals surface area contributed by atoms with Gasteiger partial charge >= 0.3 is 5.97 Å². The zero-order chi connectivity index (χ0) is 14.5. The lowest BCUT2D eigenvalue weighted by Gasteiger charge is -1.99. The lowest BCUT2D eigenvalue weighted by atomic mass is 10.2. The predicted octanol–water partition coefficient (Wildman–Crippen LogP) is 2.86. The van der Waals surface area contributed by atoms with E-state index in [1.165, 1.54) is 0 Å². The van der Waals surface area contributed by atoms with Gasteiger partial charge in [0, 0.05) is 16.6 Å². The van der Waals surface area contributed by atoms with Crippen LogP contribution in [0.4, 0.5) is 5.88 Å². The first kappa shape index (κ1) is 14.1. The SMILES string of the molecule is N#Cc1nc(-c2ccc(Br)cc2)oc1NCCC(=O)O. The highest BCUT2D eigenvalue weighted by molar-refractivity contribution is 9.10. The van der Waals surface area contributed by atoms with E-state index in [1.807, 2.05) is 18.2 Å². The third-order valence-electron chi connectivity index (χ3n) is 2.45. The number of oxazole rings is 1. The summed E-state index contributed by atoms with van der Waals surface area (Å²) in [6.45, 7) is 0.166. The van der Waals surface area contributed by atoms with Gasteiger partial charge in [0.05, 0.1) is 6.42 Å². The molecule has 2 rings (SSSR count). The first-order chi connectivity index (χ1) is 9.60. The molecule has 0 saturated carbocycles. The van der Waals surface area contributed by atoms with E-state index >= 15 is 0 Å². The summed E-state index contributed by atoms with van der Waals surface area (Å²) >= 11 is 3.33. The van der Waals surface area contributed by atoms with Gasteiger partial charge in [0.2, 0.25) is 17.5 Å². The maximum Gasteiger partial charge on any atom is 0.305 e. The molecule has 0 radical (unpaired) electrons. The summed E-state index contributed by atoms with van der Waals surface area (Å²) in [5.41, 5.74) is 0.837. The zero-order valence-electron chi connectivity index (χ0n) is 10.3. The third kappa shape index (κ3) is 3.36. The highest BCUT2D eigenvalue weighted by atomic mass is 79.9. The molecule has 0 spiro atoms. The normalized spacial score (nSPS) is 10.0. The van der Waals surface area contributed by atoms with Crippen molar-refractivity contribution in [1.82, 2.24) is 4.98 Å². The number of carboxylic acid groups (broad SMARTS) is 1. The van der Waals surface area contributed by atoms with Crippen molar-refractivity contribution >= 4 is 27.8 Å². The van der Waals surface area contributed by atoms with Gasteiger partial charge in [-0.1, -0.05) is 15.9 Å². The molecule has 0 saturated heterocycles. The van der Waals surface area contributed by atoms with Gasteiger partial charge < -0.3 is 14.8 Å². The quantitative estimate of drug-likeness (QED) is 0.871. The lowest BCUT2D eigenvalue weighted by molar-refractivity contribution is -0.136. The van der Waals surface area contributed by atoms with Crippen LogP contribution in [0.25, 0.3) is 11.5 Å². The van der Waals surface area contributed by atoms with E-state index < -0.39 is 5.97 Å². The number of carboxylic acids is 1. The van der Waals surface area contributed by atoms with Gasteiger partial charge in [0.15, 0.2) is 0 Å². The molecule has 6 nitrogen and oxygen atoms in total. The van der Waals surface area contributed by atoms with Gasteiger partial charge in [-0.05, 0) is 24.3 Å². The summed E-state index contributed by atoms with van der Waals surface area (Å²) in [5.74, 6) is -0.429. The minimum Gasteiger partial charge on any atom is -0.481 e. The molecule has 0 aliphatic rings. The number of aliphatic carboxylic acids is 1. The summed E-state index contributed by atoms with van der Waals surface area (Å²) in [7, 11) is 0. The Labute approximate surface area is 123 Å². The lowest BCUT2D eigenvalue weighted by Crippen LogP contribution is -2.07. The molecule has 0 amide bonds. The smallest absolute Gasteiger partial charge is 0.305 e. The summed E-state index contributed by atoms with van der Waals surface area (Å²) < 4.78 is 6.38. The fraction of sp³-hybridized carbons (Fsp3) is 0.154. The van der Waals surface area contributed by atoms with Gasteiger partial charge in [-0.3, -0.25) is 4.79 Å². The second-order valence-corrected chi connectivity index (χ2v) is 4.80. The minimum atomic E-state index is -0.927. The number of carbonyl (C=O) groups is 1. The van der Waals surface area contributed by atoms with Crippen molar-refractivity contribution in [3.05, 3.63) is 34.4 Å². The summed E-state index contributed by atoms with van der Waals surface area (Å²) in [5, 5.41) is 20.3. The van der Waals surface area contributed by atoms with Gasteiger partial charge in [-0.2, -0.15) is 10.2 Å². The highest BCUT2D eigenvalue weighted by Gasteiger charge is 2.14. The second-order valence-electron chi connectivity index (χ2n) is 3.89. The molecule has 1 aromatic heterocycles. The average molecular weight is 336 g/mol. The van der Waals surface area contributed by atoms with E-state index in [2.05, 4.69) is 26.2 Å². The average Bonchev–Trinajstić information content (AvgIpc) is 2.82. The number of aromatic nitrogens is 1. The Bertz CT molecular complexity index is 658. The molecule has 2 aromatic rings. The van der Waals surface area contributed by atoms with Crippen molar-refractivity contribution in [3.63, 3.8) is 0 Å². The van der Waals surface area contributed by atoms with Crippen LogP contribution >= 0.6 is 15.9 Å². The molecule has 2 N–H and O–H groups in total. The van der Waals surface area contributed by atoms with Crippen LogP contribution in [0.15, 0.2) is 33.2 Å². The molecular formula is C13H10BrN3O3. The number of rotatable bonds is 5. The standard InChI is InChI=1S/C13H10BrN3O3/c14-9-3-1-8(2-4-9)12-17-10(7-15)13(20-12)16-6-5-11(18)19/h1-4,16H,5-6H2,(H,18,19). The fourth-order valence-corrected chi connectivity index (χ4v) is 1.78. The Morgan fingerprint density at radius 1 is 1.45 bits per heavy atom. The van der Waals surface area contributed by atoms with E-state index in [1.54, 1.807) is 12.1 Å². The van der Waals surface area contributed by atoms with Crippen molar-refractivity contribution in [1.29, 1.82) is 5.26 Å². The number of anilines is 1. The van der Waals surface area contributed by atoms with Crippen LogP contribution < -0.4 is 5.32 Å². The van der Waals surface area contributed by atoms with Crippen LogP contribution in [-0.4, -0.2) is 22.6 Å². The molecule has 102 valence electrons. The van der Waals surface area contributed by atoms with Crippen LogP contribution in [0.2, 0.25) is 0 Å². The molecular weight excluding hydrogens is 326 g/mol. The van der Waals surface area contributed by atoms with E-state index in [4.69, 9.17) is 14.8 Å². The summed E-state index contributed by atoms with van der Waals surface area (Å²) in [6, 6.07) is 9.19. The molecule has 0 atom stereocenters. The molecule has 0 aliphatic carbocycles. The van der Waals surface area contributed by atoms with E-state index in [-0.39, 0.29) is 24.5 Å². The number of hydrogen-bond acceptors (Lipinski definition) is 5. The van der Waals surface area contributed by atoms with Gasteiger partial charge in [-0.25, -0.2) is 0 Å². The van der Waals surface area contributed by atoms with Gasteiger partial charge in [0.25, 0.3) is 0 Å². The molecule has 1 heterocycles. The third-order valence-corrected chi connectivity index (χ3v) is 2.98. The Morgan fingerprint density at radius 2 is 2.15 bits per heavy atom. The van der Waals surface area contributed by atoms with Crippen LogP contribution in [0.5, 0.6) is 0 Å². The van der Waals surface area contributed by atoms with Crippen LogP contribution in [0, 0.1) is 11.3 Å². The predicted molar refractivity (Wildman–Crippen MR) is 75.1 cm³/mol. The Morgan fingerprint density at radius 3 is 2.75 bits per heavy atom. The van der Waals surface area contributed by atoms with Crippen molar-refractivity contribution in [2.75, 3.05) is 11.9 Å². The number of nitrogens with one attached hydrogen (secondary N) is 1. The van der Waals surface area contributed by atoms with E-state index in [0.717, 1.165) is 10.0 Å². The number of nitriles is 1. The largest absolute Gasteiger partial charge is 0.481 e.